The van der Waals surface area contributed by atoms with Crippen LogP contribution in [0.5, 0.6) is 0 Å². The minimum Gasteiger partial charge on any atom is -0.328 e. The number of imidazole rings is 1. The lowest BCUT2D eigenvalue weighted by molar-refractivity contribution is 0.376. The predicted molar refractivity (Wildman–Crippen MR) is 52.6 cm³/mol. The smallest absolute Gasteiger partial charge is 0.0957 e. The van der Waals surface area contributed by atoms with Crippen molar-refractivity contribution in [2.24, 2.45) is 0 Å². The SMILES string of the molecule is CC(C)(C)n1cnc2c1CNCC2. The molecule has 0 amide bonds. The molecule has 2 rings (SSSR count). The maximum Gasteiger partial charge on any atom is 0.0957 e. The van der Waals surface area contributed by atoms with Gasteiger partial charge in [-0.1, -0.05) is 0 Å². The molecule has 1 N–H and O–H groups in total. The molecule has 0 unspecified atom stereocenters. The number of fused-ring (bicyclic) bond motifs is 1. The standard InChI is InChI=1S/C10H17N3/c1-10(2,3)13-7-12-8-4-5-11-6-9(8)13/h7,11H,4-6H2,1-3H3. The topological polar surface area (TPSA) is 29.9 Å². The minimum absolute atomic E-state index is 0.152. The fourth-order valence-electron chi connectivity index (χ4n) is 1.80. The van der Waals surface area contributed by atoms with Gasteiger partial charge < -0.3 is 9.88 Å². The van der Waals surface area contributed by atoms with E-state index in [9.17, 15) is 0 Å². The average molecular weight is 179 g/mol. The van der Waals surface area contributed by atoms with Crippen molar-refractivity contribution in [3.8, 4) is 0 Å². The lowest BCUT2D eigenvalue weighted by Crippen LogP contribution is -2.30. The van der Waals surface area contributed by atoms with Gasteiger partial charge in [0.05, 0.1) is 17.7 Å². The molecule has 72 valence electrons. The van der Waals surface area contributed by atoms with Gasteiger partial charge in [0.15, 0.2) is 0 Å². The molecule has 0 saturated carbocycles. The highest BCUT2D eigenvalue weighted by Crippen LogP contribution is 2.21. The van der Waals surface area contributed by atoms with Crippen molar-refractivity contribution in [3.63, 3.8) is 0 Å². The number of nitrogens with one attached hydrogen (secondary N) is 1. The molecule has 0 saturated heterocycles. The zero-order valence-corrected chi connectivity index (χ0v) is 8.59. The Balaban J connectivity index is 2.43. The fourth-order valence-corrected chi connectivity index (χ4v) is 1.80. The first kappa shape index (κ1) is 8.75. The molecular weight excluding hydrogens is 162 g/mol. The summed E-state index contributed by atoms with van der Waals surface area (Å²) < 4.78 is 2.27. The van der Waals surface area contributed by atoms with Crippen LogP contribution in [0.25, 0.3) is 0 Å². The summed E-state index contributed by atoms with van der Waals surface area (Å²) in [5.74, 6) is 0. The molecule has 0 atom stereocenters. The molecule has 0 fully saturated rings. The highest BCUT2D eigenvalue weighted by atomic mass is 15.1. The van der Waals surface area contributed by atoms with Crippen LogP contribution in [0.15, 0.2) is 6.33 Å². The van der Waals surface area contributed by atoms with Crippen molar-refractivity contribution < 1.29 is 0 Å². The Labute approximate surface area is 79.2 Å². The van der Waals surface area contributed by atoms with Crippen LogP contribution in [-0.4, -0.2) is 16.1 Å². The number of hydrogen-bond donors (Lipinski definition) is 1. The first-order valence-corrected chi connectivity index (χ1v) is 4.85. The Morgan fingerprint density at radius 1 is 1.46 bits per heavy atom. The van der Waals surface area contributed by atoms with E-state index in [1.165, 1.54) is 11.4 Å². The van der Waals surface area contributed by atoms with Gasteiger partial charge in [0.2, 0.25) is 0 Å². The van der Waals surface area contributed by atoms with Crippen LogP contribution >= 0.6 is 0 Å². The van der Waals surface area contributed by atoms with E-state index in [0.717, 1.165) is 19.5 Å². The van der Waals surface area contributed by atoms with Crippen molar-refractivity contribution in [3.05, 3.63) is 17.7 Å². The van der Waals surface area contributed by atoms with Crippen LogP contribution in [0.3, 0.4) is 0 Å². The van der Waals surface area contributed by atoms with Crippen LogP contribution in [0.2, 0.25) is 0 Å². The Kier molecular flexibility index (Phi) is 1.91. The third kappa shape index (κ3) is 1.48. The molecule has 0 aliphatic carbocycles. The monoisotopic (exact) mass is 179 g/mol. The second kappa shape index (κ2) is 2.84. The van der Waals surface area contributed by atoms with Crippen LogP contribution < -0.4 is 5.32 Å². The zero-order valence-electron chi connectivity index (χ0n) is 8.59. The summed E-state index contributed by atoms with van der Waals surface area (Å²) in [4.78, 5) is 4.45. The first-order chi connectivity index (χ1) is 6.09. The van der Waals surface area contributed by atoms with Gasteiger partial charge in [-0.2, -0.15) is 0 Å². The van der Waals surface area contributed by atoms with Gasteiger partial charge in [-0.3, -0.25) is 0 Å². The normalized spacial score (nSPS) is 17.2. The van der Waals surface area contributed by atoms with Crippen molar-refractivity contribution in [1.29, 1.82) is 0 Å². The second-order valence-electron chi connectivity index (χ2n) is 4.61. The molecule has 1 aromatic heterocycles. The molecule has 1 aliphatic rings. The molecule has 0 radical (unpaired) electrons. The molecule has 13 heavy (non-hydrogen) atoms. The Morgan fingerprint density at radius 3 is 2.92 bits per heavy atom. The van der Waals surface area contributed by atoms with Crippen LogP contribution in [0.4, 0.5) is 0 Å². The predicted octanol–water partition coefficient (Wildman–Crippen LogP) is 1.28. The maximum absolute atomic E-state index is 4.45. The Hall–Kier alpha value is -0.830. The molecular formula is C10H17N3. The molecule has 0 spiro atoms. The summed E-state index contributed by atoms with van der Waals surface area (Å²) in [6.45, 7) is 8.66. The number of aromatic nitrogens is 2. The largest absolute Gasteiger partial charge is 0.328 e. The van der Waals surface area contributed by atoms with Gasteiger partial charge in [-0.25, -0.2) is 4.98 Å². The second-order valence-corrected chi connectivity index (χ2v) is 4.61. The van der Waals surface area contributed by atoms with E-state index in [1.54, 1.807) is 0 Å². The van der Waals surface area contributed by atoms with E-state index in [0.29, 0.717) is 0 Å². The van der Waals surface area contributed by atoms with Crippen molar-refractivity contribution in [2.75, 3.05) is 6.54 Å². The van der Waals surface area contributed by atoms with Gasteiger partial charge >= 0.3 is 0 Å². The van der Waals surface area contributed by atoms with E-state index < -0.39 is 0 Å². The Morgan fingerprint density at radius 2 is 2.23 bits per heavy atom. The van der Waals surface area contributed by atoms with Gasteiger partial charge in [-0.05, 0) is 20.8 Å². The van der Waals surface area contributed by atoms with Gasteiger partial charge in [0, 0.05) is 25.0 Å². The zero-order chi connectivity index (χ0) is 9.47. The fraction of sp³-hybridized carbons (Fsp3) is 0.700. The molecule has 0 aromatic carbocycles. The van der Waals surface area contributed by atoms with E-state index in [2.05, 4.69) is 35.6 Å². The molecule has 2 heterocycles. The van der Waals surface area contributed by atoms with E-state index >= 15 is 0 Å². The summed E-state index contributed by atoms with van der Waals surface area (Å²) in [6, 6.07) is 0. The van der Waals surface area contributed by atoms with Crippen molar-refractivity contribution in [1.82, 2.24) is 14.9 Å². The minimum atomic E-state index is 0.152. The lowest BCUT2D eigenvalue weighted by Gasteiger charge is -2.25. The quantitative estimate of drug-likeness (QED) is 0.650. The molecule has 1 aliphatic heterocycles. The summed E-state index contributed by atoms with van der Waals surface area (Å²) >= 11 is 0. The van der Waals surface area contributed by atoms with Crippen LogP contribution in [-0.2, 0) is 18.5 Å². The summed E-state index contributed by atoms with van der Waals surface area (Å²) in [5, 5.41) is 3.38. The first-order valence-electron chi connectivity index (χ1n) is 4.85. The van der Waals surface area contributed by atoms with E-state index in [4.69, 9.17) is 0 Å². The van der Waals surface area contributed by atoms with Crippen LogP contribution in [0.1, 0.15) is 32.2 Å². The molecule has 0 bridgehead atoms. The van der Waals surface area contributed by atoms with Gasteiger partial charge in [0.25, 0.3) is 0 Å². The third-order valence-electron chi connectivity index (χ3n) is 2.51. The summed E-state index contributed by atoms with van der Waals surface area (Å²) in [7, 11) is 0. The van der Waals surface area contributed by atoms with Crippen molar-refractivity contribution >= 4 is 0 Å². The highest BCUT2D eigenvalue weighted by molar-refractivity contribution is 5.17. The van der Waals surface area contributed by atoms with Crippen molar-refractivity contribution in [2.45, 2.75) is 39.3 Å². The summed E-state index contributed by atoms with van der Waals surface area (Å²) in [6.07, 6.45) is 3.04. The van der Waals surface area contributed by atoms with E-state index in [-0.39, 0.29) is 5.54 Å². The molecule has 1 aromatic rings. The average Bonchev–Trinajstić information content (AvgIpc) is 2.45. The van der Waals surface area contributed by atoms with Gasteiger partial charge in [-0.15, -0.1) is 0 Å². The lowest BCUT2D eigenvalue weighted by atomic mass is 10.1. The molecule has 3 nitrogen and oxygen atoms in total. The third-order valence-corrected chi connectivity index (χ3v) is 2.51. The number of nitrogens with zero attached hydrogens (tertiary/aromatic N) is 2. The number of hydrogen-bond acceptors (Lipinski definition) is 2. The van der Waals surface area contributed by atoms with E-state index in [1.807, 2.05) is 6.33 Å². The highest BCUT2D eigenvalue weighted by Gasteiger charge is 2.21. The summed E-state index contributed by atoms with van der Waals surface area (Å²) in [5.41, 5.74) is 2.78. The van der Waals surface area contributed by atoms with Crippen LogP contribution in [0, 0.1) is 0 Å². The Bertz CT molecular complexity index is 306. The van der Waals surface area contributed by atoms with Gasteiger partial charge in [0.1, 0.15) is 0 Å². The number of rotatable bonds is 0. The molecule has 3 heteroatoms. The maximum atomic E-state index is 4.45.